The third kappa shape index (κ3) is 5.97. The van der Waals surface area contributed by atoms with Gasteiger partial charge in [0.1, 0.15) is 17.4 Å². The molecule has 0 radical (unpaired) electrons. The van der Waals surface area contributed by atoms with Crippen LogP contribution in [0.15, 0.2) is 66.9 Å². The van der Waals surface area contributed by atoms with Gasteiger partial charge in [0.25, 0.3) is 5.91 Å². The van der Waals surface area contributed by atoms with Crippen molar-refractivity contribution in [3.63, 3.8) is 0 Å². The van der Waals surface area contributed by atoms with E-state index in [4.69, 9.17) is 16.3 Å². The Morgan fingerprint density at radius 3 is 2.44 bits per heavy atom. The summed E-state index contributed by atoms with van der Waals surface area (Å²) in [7, 11) is 0. The number of ether oxygens (including phenoxy) is 1. The fraction of sp³-hybridized carbons (Fsp3) is 0.100. The van der Waals surface area contributed by atoms with Crippen LogP contribution in [0, 0.1) is 5.82 Å². The zero-order valence-electron chi connectivity index (χ0n) is 14.3. The molecule has 0 fully saturated rings. The highest BCUT2D eigenvalue weighted by Crippen LogP contribution is 2.16. The van der Waals surface area contributed by atoms with Crippen LogP contribution in [0.25, 0.3) is 0 Å². The predicted octanol–water partition coefficient (Wildman–Crippen LogP) is 4.50. The zero-order chi connectivity index (χ0) is 19.1. The van der Waals surface area contributed by atoms with E-state index < -0.39 is 0 Å². The fourth-order valence-corrected chi connectivity index (χ4v) is 2.36. The highest BCUT2D eigenvalue weighted by atomic mass is 35.5. The number of carbonyl (C=O) groups excluding carboxylic acids is 1. The lowest BCUT2D eigenvalue weighted by molar-refractivity contribution is -0.118. The molecule has 0 aliphatic heterocycles. The van der Waals surface area contributed by atoms with Gasteiger partial charge in [-0.15, -0.1) is 0 Å². The zero-order valence-corrected chi connectivity index (χ0v) is 15.0. The second kappa shape index (κ2) is 9.00. The lowest BCUT2D eigenvalue weighted by Crippen LogP contribution is -2.20. The van der Waals surface area contributed by atoms with E-state index in [-0.39, 0.29) is 18.3 Å². The van der Waals surface area contributed by atoms with Gasteiger partial charge in [-0.1, -0.05) is 23.7 Å². The summed E-state index contributed by atoms with van der Waals surface area (Å²) < 4.78 is 18.3. The van der Waals surface area contributed by atoms with Crippen molar-refractivity contribution in [3.8, 4) is 5.75 Å². The van der Waals surface area contributed by atoms with Crippen molar-refractivity contribution in [3.05, 3.63) is 83.3 Å². The van der Waals surface area contributed by atoms with E-state index >= 15 is 0 Å². The van der Waals surface area contributed by atoms with Gasteiger partial charge in [0.2, 0.25) is 0 Å². The van der Waals surface area contributed by atoms with Crippen LogP contribution in [0.1, 0.15) is 5.56 Å². The first-order valence-electron chi connectivity index (χ1n) is 8.21. The standard InChI is InChI=1S/C20H17ClFN3O2/c21-15-3-8-18(9-4-15)27-13-20(26)25-19-10-7-17(12-24-19)23-11-14-1-5-16(22)6-2-14/h1-10,12,23H,11,13H2,(H,24,25,26). The van der Waals surface area contributed by atoms with Gasteiger partial charge in [-0.25, -0.2) is 9.37 Å². The van der Waals surface area contributed by atoms with E-state index in [0.717, 1.165) is 11.3 Å². The molecule has 0 bridgehead atoms. The summed E-state index contributed by atoms with van der Waals surface area (Å²) in [5.41, 5.74) is 1.74. The number of amides is 1. The molecule has 0 saturated carbocycles. The van der Waals surface area contributed by atoms with Crippen LogP contribution in [-0.2, 0) is 11.3 Å². The molecular weight excluding hydrogens is 369 g/mol. The Kier molecular flexibility index (Phi) is 6.22. The maximum absolute atomic E-state index is 12.9. The van der Waals surface area contributed by atoms with Crippen molar-refractivity contribution in [2.45, 2.75) is 6.54 Å². The van der Waals surface area contributed by atoms with Crippen molar-refractivity contribution in [1.29, 1.82) is 0 Å². The number of aromatic nitrogens is 1. The molecule has 2 aromatic carbocycles. The summed E-state index contributed by atoms with van der Waals surface area (Å²) in [4.78, 5) is 16.1. The molecule has 1 amide bonds. The number of nitrogens with one attached hydrogen (secondary N) is 2. The summed E-state index contributed by atoms with van der Waals surface area (Å²) in [6.45, 7) is 0.413. The van der Waals surface area contributed by atoms with Crippen LogP contribution in [0.5, 0.6) is 5.75 Å². The van der Waals surface area contributed by atoms with Gasteiger partial charge in [-0.05, 0) is 54.1 Å². The average Bonchev–Trinajstić information content (AvgIpc) is 2.68. The number of nitrogens with zero attached hydrogens (tertiary/aromatic N) is 1. The maximum Gasteiger partial charge on any atom is 0.263 e. The molecule has 1 aromatic heterocycles. The minimum absolute atomic E-state index is 0.131. The molecule has 27 heavy (non-hydrogen) atoms. The van der Waals surface area contributed by atoms with E-state index in [0.29, 0.717) is 23.1 Å². The molecule has 3 aromatic rings. The number of anilines is 2. The molecule has 0 saturated heterocycles. The van der Waals surface area contributed by atoms with E-state index in [2.05, 4.69) is 15.6 Å². The van der Waals surface area contributed by atoms with Crippen LogP contribution < -0.4 is 15.4 Å². The van der Waals surface area contributed by atoms with Crippen molar-refractivity contribution >= 4 is 29.0 Å². The van der Waals surface area contributed by atoms with Gasteiger partial charge in [0, 0.05) is 11.6 Å². The number of halogens is 2. The smallest absolute Gasteiger partial charge is 0.263 e. The second-order valence-electron chi connectivity index (χ2n) is 5.70. The van der Waals surface area contributed by atoms with E-state index in [1.54, 1.807) is 54.7 Å². The normalized spacial score (nSPS) is 10.3. The lowest BCUT2D eigenvalue weighted by Gasteiger charge is -2.09. The Bertz CT molecular complexity index is 885. The summed E-state index contributed by atoms with van der Waals surface area (Å²) in [6, 6.07) is 16.5. The third-order valence-electron chi connectivity index (χ3n) is 3.62. The molecule has 138 valence electrons. The van der Waals surface area contributed by atoms with Crippen molar-refractivity contribution in [1.82, 2.24) is 4.98 Å². The first-order valence-corrected chi connectivity index (χ1v) is 8.59. The fourth-order valence-electron chi connectivity index (χ4n) is 2.24. The number of pyridine rings is 1. The summed E-state index contributed by atoms with van der Waals surface area (Å²) in [5, 5.41) is 6.44. The van der Waals surface area contributed by atoms with Crippen molar-refractivity contribution in [2.24, 2.45) is 0 Å². The van der Waals surface area contributed by atoms with Crippen molar-refractivity contribution in [2.75, 3.05) is 17.2 Å². The second-order valence-corrected chi connectivity index (χ2v) is 6.14. The lowest BCUT2D eigenvalue weighted by atomic mass is 10.2. The van der Waals surface area contributed by atoms with Gasteiger partial charge in [-0.2, -0.15) is 0 Å². The van der Waals surface area contributed by atoms with Gasteiger partial charge in [-0.3, -0.25) is 4.79 Å². The molecule has 0 spiro atoms. The van der Waals surface area contributed by atoms with E-state index in [1.807, 2.05) is 0 Å². The number of hydrogen-bond acceptors (Lipinski definition) is 4. The molecule has 5 nitrogen and oxygen atoms in total. The summed E-state index contributed by atoms with van der Waals surface area (Å²) in [6.07, 6.45) is 1.61. The van der Waals surface area contributed by atoms with Crippen LogP contribution in [0.3, 0.4) is 0 Å². The van der Waals surface area contributed by atoms with Gasteiger partial charge in [0.15, 0.2) is 6.61 Å². The van der Waals surface area contributed by atoms with Gasteiger partial charge < -0.3 is 15.4 Å². The maximum atomic E-state index is 12.9. The Labute approximate surface area is 161 Å². The number of benzene rings is 2. The molecule has 0 unspecified atom stereocenters. The molecule has 3 rings (SSSR count). The third-order valence-corrected chi connectivity index (χ3v) is 3.88. The molecule has 0 atom stereocenters. The quantitative estimate of drug-likeness (QED) is 0.628. The largest absolute Gasteiger partial charge is 0.484 e. The minimum Gasteiger partial charge on any atom is -0.484 e. The van der Waals surface area contributed by atoms with Crippen LogP contribution >= 0.6 is 11.6 Å². The predicted molar refractivity (Wildman–Crippen MR) is 104 cm³/mol. The molecular formula is C20H17ClFN3O2. The molecule has 7 heteroatoms. The van der Waals surface area contributed by atoms with Crippen LogP contribution in [0.2, 0.25) is 5.02 Å². The first-order chi connectivity index (χ1) is 13.1. The number of rotatable bonds is 7. The number of carbonyl (C=O) groups is 1. The molecule has 2 N–H and O–H groups in total. The SMILES string of the molecule is O=C(COc1ccc(Cl)cc1)Nc1ccc(NCc2ccc(F)cc2)cn1. The summed E-state index contributed by atoms with van der Waals surface area (Å²) in [5.74, 6) is 0.403. The highest BCUT2D eigenvalue weighted by Gasteiger charge is 2.05. The van der Waals surface area contributed by atoms with E-state index in [9.17, 15) is 9.18 Å². The summed E-state index contributed by atoms with van der Waals surface area (Å²) >= 11 is 5.79. The Morgan fingerprint density at radius 1 is 1.04 bits per heavy atom. The highest BCUT2D eigenvalue weighted by molar-refractivity contribution is 6.30. The molecule has 0 aliphatic rings. The number of hydrogen-bond donors (Lipinski definition) is 2. The molecule has 0 aliphatic carbocycles. The molecule has 1 heterocycles. The minimum atomic E-state index is -0.315. The van der Waals surface area contributed by atoms with Crippen LogP contribution in [-0.4, -0.2) is 17.5 Å². The topological polar surface area (TPSA) is 63.2 Å². The average molecular weight is 386 g/mol. The Hall–Kier alpha value is -3.12. The van der Waals surface area contributed by atoms with E-state index in [1.165, 1.54) is 12.1 Å². The first kappa shape index (κ1) is 18.7. The van der Waals surface area contributed by atoms with Crippen molar-refractivity contribution < 1.29 is 13.9 Å². The Morgan fingerprint density at radius 2 is 1.78 bits per heavy atom. The monoisotopic (exact) mass is 385 g/mol. The van der Waals surface area contributed by atoms with Crippen LogP contribution in [0.4, 0.5) is 15.9 Å². The van der Waals surface area contributed by atoms with Gasteiger partial charge >= 0.3 is 0 Å². The van der Waals surface area contributed by atoms with Gasteiger partial charge in [0.05, 0.1) is 11.9 Å². The Balaban J connectivity index is 1.45.